The van der Waals surface area contributed by atoms with Crippen LogP contribution in [-0.2, 0) is 22.6 Å². The molecule has 1 aliphatic rings. The first kappa shape index (κ1) is 27.7. The second-order valence-electron chi connectivity index (χ2n) is 9.88. The third kappa shape index (κ3) is 7.22. The van der Waals surface area contributed by atoms with E-state index in [1.54, 1.807) is 4.90 Å². The van der Waals surface area contributed by atoms with Crippen molar-refractivity contribution in [2.45, 2.75) is 32.8 Å². The first-order chi connectivity index (χ1) is 20.0. The van der Waals surface area contributed by atoms with Gasteiger partial charge in [-0.3, -0.25) is 4.79 Å². The van der Waals surface area contributed by atoms with Crippen LogP contribution in [0, 0.1) is 6.92 Å². The van der Waals surface area contributed by atoms with E-state index in [-0.39, 0.29) is 19.6 Å². The van der Waals surface area contributed by atoms with Crippen LogP contribution in [0.2, 0.25) is 0 Å². The summed E-state index contributed by atoms with van der Waals surface area (Å²) < 4.78 is 17.4. The summed E-state index contributed by atoms with van der Waals surface area (Å²) in [7, 11) is 0. The summed E-state index contributed by atoms with van der Waals surface area (Å²) >= 11 is 0. The molecular formula is C33H32N2O6. The Bertz CT molecular complexity index is 1530. The van der Waals surface area contributed by atoms with Gasteiger partial charge in [0.25, 0.3) is 0 Å². The SMILES string of the molecule is Cc1oc(-c2ccccc2)nc1CCOc1cccc(C2=C(CC(=O)O)CN(C(=O)OCc3ccccc3)CC2)c1. The van der Waals surface area contributed by atoms with Gasteiger partial charge in [0.1, 0.15) is 18.1 Å². The molecule has 0 saturated heterocycles. The van der Waals surface area contributed by atoms with Gasteiger partial charge in [0.05, 0.1) is 18.7 Å². The largest absolute Gasteiger partial charge is 0.493 e. The minimum atomic E-state index is -0.942. The number of aromatic nitrogens is 1. The second kappa shape index (κ2) is 13.0. The van der Waals surface area contributed by atoms with Crippen molar-refractivity contribution in [1.82, 2.24) is 9.88 Å². The molecule has 0 fully saturated rings. The summed E-state index contributed by atoms with van der Waals surface area (Å²) in [6.07, 6.45) is 0.496. The summed E-state index contributed by atoms with van der Waals surface area (Å²) in [5, 5.41) is 9.58. The Balaban J connectivity index is 1.23. The third-order valence-electron chi connectivity index (χ3n) is 6.97. The number of carboxylic acid groups (broad SMARTS) is 1. The Kier molecular flexibility index (Phi) is 8.79. The Morgan fingerprint density at radius 1 is 0.976 bits per heavy atom. The fourth-order valence-corrected chi connectivity index (χ4v) is 4.89. The number of carbonyl (C=O) groups excluding carboxylic acids is 1. The quantitative estimate of drug-likeness (QED) is 0.238. The lowest BCUT2D eigenvalue weighted by Crippen LogP contribution is -2.37. The Labute approximate surface area is 238 Å². The molecule has 5 rings (SSSR count). The summed E-state index contributed by atoms with van der Waals surface area (Å²) in [4.78, 5) is 30.6. The number of aryl methyl sites for hydroxylation is 1. The molecule has 0 aliphatic carbocycles. The first-order valence-electron chi connectivity index (χ1n) is 13.6. The van der Waals surface area contributed by atoms with E-state index in [0.29, 0.717) is 43.2 Å². The zero-order chi connectivity index (χ0) is 28.6. The number of hydrogen-bond acceptors (Lipinski definition) is 6. The van der Waals surface area contributed by atoms with E-state index < -0.39 is 12.1 Å². The molecule has 1 aromatic heterocycles. The molecule has 210 valence electrons. The molecule has 0 unspecified atom stereocenters. The number of carboxylic acids is 1. The van der Waals surface area contributed by atoms with E-state index in [0.717, 1.165) is 33.7 Å². The normalized spacial score (nSPS) is 13.2. The number of nitrogens with zero attached hydrogens (tertiary/aromatic N) is 2. The van der Waals surface area contributed by atoms with E-state index in [2.05, 4.69) is 4.98 Å². The number of oxazole rings is 1. The summed E-state index contributed by atoms with van der Waals surface area (Å²) in [6, 6.07) is 26.9. The molecule has 3 aromatic carbocycles. The third-order valence-corrected chi connectivity index (χ3v) is 6.97. The van der Waals surface area contributed by atoms with Gasteiger partial charge in [0.2, 0.25) is 5.89 Å². The van der Waals surface area contributed by atoms with Gasteiger partial charge in [-0.15, -0.1) is 0 Å². The highest BCUT2D eigenvalue weighted by molar-refractivity contribution is 5.80. The molecule has 0 saturated carbocycles. The number of amides is 1. The molecular weight excluding hydrogens is 520 g/mol. The summed E-state index contributed by atoms with van der Waals surface area (Å²) in [6.45, 7) is 3.12. The van der Waals surface area contributed by atoms with Gasteiger partial charge in [0, 0.05) is 25.1 Å². The van der Waals surface area contributed by atoms with Gasteiger partial charge in [-0.2, -0.15) is 0 Å². The maximum absolute atomic E-state index is 12.7. The average Bonchev–Trinajstić information content (AvgIpc) is 3.37. The maximum Gasteiger partial charge on any atom is 0.410 e. The van der Waals surface area contributed by atoms with E-state index in [1.807, 2.05) is 91.9 Å². The monoisotopic (exact) mass is 552 g/mol. The topological polar surface area (TPSA) is 102 Å². The molecule has 1 aliphatic heterocycles. The van der Waals surface area contributed by atoms with Crippen LogP contribution in [0.25, 0.3) is 17.0 Å². The molecule has 1 amide bonds. The highest BCUT2D eigenvalue weighted by atomic mass is 16.6. The minimum absolute atomic E-state index is 0.155. The standard InChI is InChI=1S/C33H32N2O6/c1-23-30(34-32(41-23)25-11-6-3-7-12-25)16-18-39-28-14-8-13-26(19-28)29-15-17-35(21-27(29)20-31(36)37)33(38)40-22-24-9-4-2-5-10-24/h2-14,19H,15-18,20-22H2,1H3,(H,36,37). The van der Waals surface area contributed by atoms with Gasteiger partial charge in [-0.1, -0.05) is 60.7 Å². The van der Waals surface area contributed by atoms with E-state index in [4.69, 9.17) is 13.9 Å². The van der Waals surface area contributed by atoms with Gasteiger partial charge < -0.3 is 23.9 Å². The summed E-state index contributed by atoms with van der Waals surface area (Å²) in [5.74, 6) is 1.09. The van der Waals surface area contributed by atoms with Crippen molar-refractivity contribution >= 4 is 17.6 Å². The van der Waals surface area contributed by atoms with Crippen molar-refractivity contribution in [3.05, 3.63) is 113 Å². The van der Waals surface area contributed by atoms with Crippen molar-refractivity contribution in [2.75, 3.05) is 19.7 Å². The molecule has 2 heterocycles. The predicted molar refractivity (Wildman–Crippen MR) is 154 cm³/mol. The molecule has 8 heteroatoms. The average molecular weight is 553 g/mol. The fourth-order valence-electron chi connectivity index (χ4n) is 4.89. The van der Waals surface area contributed by atoms with Crippen molar-refractivity contribution in [3.63, 3.8) is 0 Å². The van der Waals surface area contributed by atoms with Crippen LogP contribution >= 0.6 is 0 Å². The Morgan fingerprint density at radius 3 is 2.46 bits per heavy atom. The van der Waals surface area contributed by atoms with Gasteiger partial charge >= 0.3 is 12.1 Å². The Hall–Kier alpha value is -4.85. The molecule has 1 N–H and O–H groups in total. The smallest absolute Gasteiger partial charge is 0.410 e. The summed E-state index contributed by atoms with van der Waals surface area (Å²) in [5.41, 5.74) is 5.16. The van der Waals surface area contributed by atoms with Crippen LogP contribution in [0.5, 0.6) is 5.75 Å². The van der Waals surface area contributed by atoms with Crippen LogP contribution < -0.4 is 4.74 Å². The maximum atomic E-state index is 12.7. The number of carbonyl (C=O) groups is 2. The van der Waals surface area contributed by atoms with E-state index in [1.165, 1.54) is 0 Å². The zero-order valence-corrected chi connectivity index (χ0v) is 22.9. The van der Waals surface area contributed by atoms with Crippen molar-refractivity contribution < 1.29 is 28.6 Å². The second-order valence-corrected chi connectivity index (χ2v) is 9.88. The molecule has 0 radical (unpaired) electrons. The lowest BCUT2D eigenvalue weighted by atomic mass is 9.91. The first-order valence-corrected chi connectivity index (χ1v) is 13.6. The van der Waals surface area contributed by atoms with Crippen LogP contribution in [0.3, 0.4) is 0 Å². The number of rotatable bonds is 10. The van der Waals surface area contributed by atoms with E-state index in [9.17, 15) is 14.7 Å². The van der Waals surface area contributed by atoms with Crippen LogP contribution in [0.1, 0.15) is 35.4 Å². The molecule has 8 nitrogen and oxygen atoms in total. The minimum Gasteiger partial charge on any atom is -0.493 e. The van der Waals surface area contributed by atoms with E-state index >= 15 is 0 Å². The molecule has 41 heavy (non-hydrogen) atoms. The van der Waals surface area contributed by atoms with Gasteiger partial charge in [-0.05, 0) is 59.9 Å². The van der Waals surface area contributed by atoms with Crippen LogP contribution in [0.4, 0.5) is 4.79 Å². The lowest BCUT2D eigenvalue weighted by molar-refractivity contribution is -0.136. The van der Waals surface area contributed by atoms with Crippen molar-refractivity contribution in [1.29, 1.82) is 0 Å². The van der Waals surface area contributed by atoms with Crippen LogP contribution in [0.15, 0.2) is 94.9 Å². The Morgan fingerprint density at radius 2 is 1.71 bits per heavy atom. The van der Waals surface area contributed by atoms with Gasteiger partial charge in [0.15, 0.2) is 0 Å². The molecule has 4 aromatic rings. The molecule has 0 spiro atoms. The number of aliphatic carboxylic acids is 1. The van der Waals surface area contributed by atoms with Gasteiger partial charge in [-0.25, -0.2) is 9.78 Å². The van der Waals surface area contributed by atoms with Crippen LogP contribution in [-0.4, -0.2) is 46.7 Å². The van der Waals surface area contributed by atoms with Crippen molar-refractivity contribution in [2.24, 2.45) is 0 Å². The lowest BCUT2D eigenvalue weighted by Gasteiger charge is -2.30. The highest BCUT2D eigenvalue weighted by Gasteiger charge is 2.26. The molecule has 0 atom stereocenters. The number of benzene rings is 3. The highest BCUT2D eigenvalue weighted by Crippen LogP contribution is 2.32. The number of hydrogen-bond donors (Lipinski definition) is 1. The number of ether oxygens (including phenoxy) is 2. The predicted octanol–water partition coefficient (Wildman–Crippen LogP) is 6.54. The molecule has 0 bridgehead atoms. The fraction of sp³-hybridized carbons (Fsp3) is 0.242. The zero-order valence-electron chi connectivity index (χ0n) is 22.9. The van der Waals surface area contributed by atoms with Crippen molar-refractivity contribution in [3.8, 4) is 17.2 Å².